The number of ether oxygens (including phenoxy) is 1. The van der Waals surface area contributed by atoms with Gasteiger partial charge in [-0.2, -0.15) is 5.10 Å². The molecule has 0 bridgehead atoms. The molecule has 0 fully saturated rings. The van der Waals surface area contributed by atoms with Gasteiger partial charge in [-0.15, -0.1) is 0 Å². The Kier molecular flexibility index (Phi) is 7.75. The molecule has 2 aromatic rings. The first-order valence-electron chi connectivity index (χ1n) is 9.14. The van der Waals surface area contributed by atoms with E-state index in [4.69, 9.17) is 16.3 Å². The minimum atomic E-state index is -0.988. The first kappa shape index (κ1) is 21.6. The third kappa shape index (κ3) is 5.92. The molecule has 7 nitrogen and oxygen atoms in total. The molecule has 0 aliphatic rings. The molecule has 0 saturated heterocycles. The van der Waals surface area contributed by atoms with E-state index in [0.29, 0.717) is 16.4 Å². The molecule has 1 aromatic heterocycles. The van der Waals surface area contributed by atoms with E-state index in [0.717, 1.165) is 6.42 Å². The van der Waals surface area contributed by atoms with Gasteiger partial charge < -0.3 is 10.1 Å². The second-order valence-electron chi connectivity index (χ2n) is 6.47. The number of carbonyl (C=O) groups is 3. The number of ketones is 1. The molecular formula is C20H24ClN3O4. The van der Waals surface area contributed by atoms with Crippen molar-refractivity contribution in [3.05, 3.63) is 47.1 Å². The summed E-state index contributed by atoms with van der Waals surface area (Å²) in [6.07, 6.45) is 1.36. The highest BCUT2D eigenvalue weighted by Gasteiger charge is 2.20. The predicted molar refractivity (Wildman–Crippen MR) is 106 cm³/mol. The normalized spacial score (nSPS) is 12.9. The molecule has 1 heterocycles. The number of esters is 1. The van der Waals surface area contributed by atoms with Gasteiger partial charge in [-0.05, 0) is 44.5 Å². The summed E-state index contributed by atoms with van der Waals surface area (Å²) in [5.41, 5.74) is 0.473. The highest BCUT2D eigenvalue weighted by atomic mass is 35.5. The highest BCUT2D eigenvalue weighted by molar-refractivity contribution is 6.30. The van der Waals surface area contributed by atoms with Crippen molar-refractivity contribution in [1.29, 1.82) is 0 Å². The average Bonchev–Trinajstić information content (AvgIpc) is 3.14. The van der Waals surface area contributed by atoms with Crippen molar-refractivity contribution >= 4 is 35.1 Å². The van der Waals surface area contributed by atoms with Crippen LogP contribution in [0, 0.1) is 0 Å². The molecule has 0 aliphatic carbocycles. The summed E-state index contributed by atoms with van der Waals surface area (Å²) in [5, 5.41) is 7.44. The molecule has 1 N–H and O–H groups in total. The van der Waals surface area contributed by atoms with E-state index < -0.39 is 18.0 Å². The van der Waals surface area contributed by atoms with Crippen LogP contribution < -0.4 is 5.32 Å². The van der Waals surface area contributed by atoms with Gasteiger partial charge in [-0.1, -0.05) is 18.5 Å². The number of benzene rings is 1. The van der Waals surface area contributed by atoms with E-state index in [1.807, 2.05) is 13.8 Å². The minimum Gasteiger partial charge on any atom is -0.453 e. The fourth-order valence-corrected chi connectivity index (χ4v) is 2.60. The number of hydrogen-bond acceptors (Lipinski definition) is 5. The molecule has 0 unspecified atom stereocenters. The summed E-state index contributed by atoms with van der Waals surface area (Å²) in [6.45, 7) is 5.50. The van der Waals surface area contributed by atoms with E-state index in [-0.39, 0.29) is 24.7 Å². The number of carbonyl (C=O) groups excluding carboxylic acids is 3. The Morgan fingerprint density at radius 2 is 1.82 bits per heavy atom. The smallest absolute Gasteiger partial charge is 0.307 e. The van der Waals surface area contributed by atoms with E-state index in [2.05, 4.69) is 10.4 Å². The van der Waals surface area contributed by atoms with Gasteiger partial charge in [0.2, 0.25) is 0 Å². The molecular weight excluding hydrogens is 382 g/mol. The first-order valence-corrected chi connectivity index (χ1v) is 9.52. The van der Waals surface area contributed by atoms with Gasteiger partial charge in [-0.3, -0.25) is 14.4 Å². The summed E-state index contributed by atoms with van der Waals surface area (Å²) < 4.78 is 6.84. The van der Waals surface area contributed by atoms with E-state index in [9.17, 15) is 14.4 Å². The summed E-state index contributed by atoms with van der Waals surface area (Å²) in [4.78, 5) is 36.4. The minimum absolute atomic E-state index is 0.00437. The number of rotatable bonds is 9. The number of anilines is 1. The van der Waals surface area contributed by atoms with Gasteiger partial charge in [-0.25, -0.2) is 4.68 Å². The van der Waals surface area contributed by atoms with Crippen LogP contribution in [0.5, 0.6) is 0 Å². The van der Waals surface area contributed by atoms with Crippen LogP contribution >= 0.6 is 11.6 Å². The van der Waals surface area contributed by atoms with Crippen LogP contribution in [-0.4, -0.2) is 33.5 Å². The van der Waals surface area contributed by atoms with Crippen molar-refractivity contribution in [1.82, 2.24) is 9.78 Å². The largest absolute Gasteiger partial charge is 0.453 e. The Morgan fingerprint density at radius 3 is 2.46 bits per heavy atom. The monoisotopic (exact) mass is 405 g/mol. The molecule has 2 atom stereocenters. The Labute approximate surface area is 169 Å². The lowest BCUT2D eigenvalue weighted by Crippen LogP contribution is -2.31. The third-order valence-corrected chi connectivity index (χ3v) is 4.58. The molecule has 28 heavy (non-hydrogen) atoms. The van der Waals surface area contributed by atoms with Gasteiger partial charge >= 0.3 is 5.97 Å². The summed E-state index contributed by atoms with van der Waals surface area (Å²) in [5.74, 6) is -0.717. The molecule has 1 aromatic carbocycles. The van der Waals surface area contributed by atoms with Crippen molar-refractivity contribution in [3.63, 3.8) is 0 Å². The van der Waals surface area contributed by atoms with Crippen molar-refractivity contribution in [3.8, 4) is 0 Å². The fourth-order valence-electron chi connectivity index (χ4n) is 2.47. The lowest BCUT2D eigenvalue weighted by molar-refractivity contribution is -0.153. The zero-order chi connectivity index (χ0) is 20.7. The highest BCUT2D eigenvalue weighted by Crippen LogP contribution is 2.17. The van der Waals surface area contributed by atoms with Crippen LogP contribution in [0.2, 0.25) is 5.02 Å². The summed E-state index contributed by atoms with van der Waals surface area (Å²) >= 11 is 5.79. The number of nitrogens with one attached hydrogen (secondary N) is 1. The maximum atomic E-state index is 12.3. The molecule has 0 radical (unpaired) electrons. The lowest BCUT2D eigenvalue weighted by Gasteiger charge is -2.17. The molecule has 0 spiro atoms. The summed E-state index contributed by atoms with van der Waals surface area (Å²) in [7, 11) is 0. The van der Waals surface area contributed by atoms with E-state index >= 15 is 0 Å². The van der Waals surface area contributed by atoms with Crippen molar-refractivity contribution < 1.29 is 19.1 Å². The number of Topliss-reactive ketones (excluding diaryl/α,β-unsaturated/α-hetero) is 1. The average molecular weight is 406 g/mol. The van der Waals surface area contributed by atoms with Crippen molar-refractivity contribution in [2.45, 2.75) is 52.2 Å². The zero-order valence-electron chi connectivity index (χ0n) is 16.1. The van der Waals surface area contributed by atoms with Crippen molar-refractivity contribution in [2.24, 2.45) is 0 Å². The summed E-state index contributed by atoms with van der Waals surface area (Å²) in [6, 6.07) is 8.25. The van der Waals surface area contributed by atoms with Crippen LogP contribution in [0.15, 0.2) is 36.5 Å². The molecule has 0 saturated carbocycles. The van der Waals surface area contributed by atoms with E-state index in [1.54, 1.807) is 41.2 Å². The van der Waals surface area contributed by atoms with Gasteiger partial charge in [0.15, 0.2) is 11.9 Å². The maximum absolute atomic E-state index is 12.3. The van der Waals surface area contributed by atoms with Crippen LogP contribution in [0.25, 0.3) is 0 Å². The second kappa shape index (κ2) is 10.0. The van der Waals surface area contributed by atoms with E-state index in [1.165, 1.54) is 6.92 Å². The molecule has 0 aliphatic heterocycles. The number of halogens is 1. The Bertz CT molecular complexity index is 832. The van der Waals surface area contributed by atoms with Gasteiger partial charge in [0, 0.05) is 23.1 Å². The quantitative estimate of drug-likeness (QED) is 0.502. The molecule has 1 amide bonds. The molecule has 2 rings (SSSR count). The van der Waals surface area contributed by atoms with Crippen LogP contribution in [0.3, 0.4) is 0 Å². The Balaban J connectivity index is 1.83. The fraction of sp³-hybridized carbons (Fsp3) is 0.400. The first-order chi connectivity index (χ1) is 13.3. The topological polar surface area (TPSA) is 90.3 Å². The number of hydrogen-bond donors (Lipinski definition) is 1. The predicted octanol–water partition coefficient (Wildman–Crippen LogP) is 4.04. The van der Waals surface area contributed by atoms with Crippen LogP contribution in [-0.2, 0) is 14.3 Å². The number of nitrogens with zero attached hydrogens (tertiary/aromatic N) is 2. The molecule has 150 valence electrons. The number of amides is 1. The van der Waals surface area contributed by atoms with Gasteiger partial charge in [0.1, 0.15) is 5.82 Å². The van der Waals surface area contributed by atoms with Crippen LogP contribution in [0.1, 0.15) is 56.4 Å². The maximum Gasteiger partial charge on any atom is 0.307 e. The zero-order valence-corrected chi connectivity index (χ0v) is 16.9. The SMILES string of the molecule is CC[C@@H](C)n1nccc1NC(=O)[C@H](C)OC(=O)CCC(=O)c1ccc(Cl)cc1. The Hall–Kier alpha value is -2.67. The molecule has 8 heteroatoms. The standard InChI is InChI=1S/C20H24ClN3O4/c1-4-13(2)24-18(11-12-22-24)23-20(27)14(3)28-19(26)10-9-17(25)15-5-7-16(21)8-6-15/h5-8,11-14H,4,9-10H2,1-3H3,(H,23,27)/t13-,14+/m1/s1. The third-order valence-electron chi connectivity index (χ3n) is 4.33. The van der Waals surface area contributed by atoms with Crippen molar-refractivity contribution in [2.75, 3.05) is 5.32 Å². The number of aromatic nitrogens is 2. The van der Waals surface area contributed by atoms with Gasteiger partial charge in [0.25, 0.3) is 5.91 Å². The van der Waals surface area contributed by atoms with Gasteiger partial charge in [0.05, 0.1) is 18.7 Å². The lowest BCUT2D eigenvalue weighted by atomic mass is 10.1. The van der Waals surface area contributed by atoms with Crippen LogP contribution in [0.4, 0.5) is 5.82 Å². The second-order valence-corrected chi connectivity index (χ2v) is 6.91. The Morgan fingerprint density at radius 1 is 1.14 bits per heavy atom.